The highest BCUT2D eigenvalue weighted by atomic mass is 16.7. The van der Waals surface area contributed by atoms with Crippen LogP contribution in [0.25, 0.3) is 0 Å². The van der Waals surface area contributed by atoms with Crippen LogP contribution in [0.5, 0.6) is 0 Å². The maximum absolute atomic E-state index is 5.71. The summed E-state index contributed by atoms with van der Waals surface area (Å²) < 4.78 is 11.4. The van der Waals surface area contributed by atoms with Crippen LogP contribution in [-0.4, -0.2) is 18.5 Å². The highest BCUT2D eigenvalue weighted by molar-refractivity contribution is 4.69. The second kappa shape index (κ2) is 8.93. The summed E-state index contributed by atoms with van der Waals surface area (Å²) in [6.07, 6.45) is 12.6. The number of rotatable bonds is 9. The minimum Gasteiger partial charge on any atom is -0.347 e. The van der Waals surface area contributed by atoms with E-state index in [-0.39, 0.29) is 18.5 Å². The number of ether oxygens (including phenoxy) is 2. The van der Waals surface area contributed by atoms with Gasteiger partial charge >= 0.3 is 0 Å². The first-order valence-electron chi connectivity index (χ1n) is 7.55. The molecule has 2 heteroatoms. The second-order valence-electron chi connectivity index (χ2n) is 5.38. The lowest BCUT2D eigenvalue weighted by Gasteiger charge is -2.09. The van der Waals surface area contributed by atoms with Gasteiger partial charge in [-0.25, -0.2) is 0 Å². The Morgan fingerprint density at radius 1 is 0.706 bits per heavy atom. The van der Waals surface area contributed by atoms with Crippen LogP contribution < -0.4 is 0 Å². The summed E-state index contributed by atoms with van der Waals surface area (Å²) in [4.78, 5) is 0. The molecule has 1 rings (SSSR count). The van der Waals surface area contributed by atoms with Gasteiger partial charge in [-0.3, -0.25) is 0 Å². The lowest BCUT2D eigenvalue weighted by Crippen LogP contribution is -2.13. The summed E-state index contributed by atoms with van der Waals surface area (Å²) >= 11 is 0. The molecule has 1 fully saturated rings. The largest absolute Gasteiger partial charge is 0.347 e. The molecule has 2 atom stereocenters. The van der Waals surface area contributed by atoms with E-state index in [0.29, 0.717) is 0 Å². The summed E-state index contributed by atoms with van der Waals surface area (Å²) in [6.45, 7) is 6.46. The standard InChI is InChI=1S/C15H30O2/c1-4-5-6-7-8-9-10-11-12-15-16-13(2)14(3)17-15/h13-15H,4-12H2,1-3H3/t13-,14-/m0/s1. The summed E-state index contributed by atoms with van der Waals surface area (Å²) in [6, 6.07) is 0. The van der Waals surface area contributed by atoms with Crippen molar-refractivity contribution in [1.82, 2.24) is 0 Å². The van der Waals surface area contributed by atoms with Gasteiger partial charge in [0.15, 0.2) is 6.29 Å². The molecule has 0 saturated carbocycles. The van der Waals surface area contributed by atoms with Crippen LogP contribution in [-0.2, 0) is 9.47 Å². The second-order valence-corrected chi connectivity index (χ2v) is 5.38. The first-order valence-corrected chi connectivity index (χ1v) is 7.55. The monoisotopic (exact) mass is 242 g/mol. The molecule has 2 nitrogen and oxygen atoms in total. The van der Waals surface area contributed by atoms with Crippen molar-refractivity contribution in [2.45, 2.75) is 97.1 Å². The molecular weight excluding hydrogens is 212 g/mol. The van der Waals surface area contributed by atoms with Crippen LogP contribution in [0.15, 0.2) is 0 Å². The quantitative estimate of drug-likeness (QED) is 0.547. The molecule has 1 heterocycles. The Morgan fingerprint density at radius 3 is 1.71 bits per heavy atom. The molecule has 1 aliphatic rings. The van der Waals surface area contributed by atoms with Crippen molar-refractivity contribution in [3.05, 3.63) is 0 Å². The van der Waals surface area contributed by atoms with Gasteiger partial charge in [0, 0.05) is 0 Å². The lowest BCUT2D eigenvalue weighted by molar-refractivity contribution is -0.0681. The molecule has 0 amide bonds. The minimum atomic E-state index is 0.0695. The Balaban J connectivity index is 1.85. The van der Waals surface area contributed by atoms with Gasteiger partial charge in [0.25, 0.3) is 0 Å². The number of hydrogen-bond acceptors (Lipinski definition) is 2. The SMILES string of the molecule is CCCCCCCCCCC1O[C@@H](C)[C@H](C)O1. The van der Waals surface area contributed by atoms with Gasteiger partial charge in [-0.2, -0.15) is 0 Å². The highest BCUT2D eigenvalue weighted by Crippen LogP contribution is 2.22. The molecule has 1 aliphatic heterocycles. The third kappa shape index (κ3) is 6.42. The van der Waals surface area contributed by atoms with Crippen molar-refractivity contribution in [3.8, 4) is 0 Å². The molecule has 0 bridgehead atoms. The molecule has 0 unspecified atom stereocenters. The molecular formula is C15H30O2. The topological polar surface area (TPSA) is 18.5 Å². The molecule has 17 heavy (non-hydrogen) atoms. The zero-order valence-corrected chi connectivity index (χ0v) is 11.9. The van der Waals surface area contributed by atoms with E-state index in [1.54, 1.807) is 0 Å². The molecule has 0 aromatic carbocycles. The lowest BCUT2D eigenvalue weighted by atomic mass is 10.1. The molecule has 0 aromatic rings. The van der Waals surface area contributed by atoms with E-state index in [2.05, 4.69) is 20.8 Å². The zero-order chi connectivity index (χ0) is 12.5. The summed E-state index contributed by atoms with van der Waals surface area (Å²) in [7, 11) is 0. The summed E-state index contributed by atoms with van der Waals surface area (Å²) in [5.74, 6) is 0. The third-order valence-electron chi connectivity index (χ3n) is 3.69. The molecule has 0 aromatic heterocycles. The molecule has 0 spiro atoms. The zero-order valence-electron chi connectivity index (χ0n) is 11.9. The van der Waals surface area contributed by atoms with E-state index in [0.717, 1.165) is 6.42 Å². The van der Waals surface area contributed by atoms with Crippen LogP contribution in [0.2, 0.25) is 0 Å². The Bertz CT molecular complexity index is 172. The van der Waals surface area contributed by atoms with Crippen LogP contribution in [0.1, 0.15) is 78.6 Å². The predicted octanol–water partition coefficient (Wildman–Crippen LogP) is 4.67. The highest BCUT2D eigenvalue weighted by Gasteiger charge is 2.28. The third-order valence-corrected chi connectivity index (χ3v) is 3.69. The summed E-state index contributed by atoms with van der Waals surface area (Å²) in [5.41, 5.74) is 0. The van der Waals surface area contributed by atoms with Crippen LogP contribution >= 0.6 is 0 Å². The van der Waals surface area contributed by atoms with Crippen molar-refractivity contribution in [3.63, 3.8) is 0 Å². The molecule has 0 radical (unpaired) electrons. The Morgan fingerprint density at radius 2 is 1.18 bits per heavy atom. The van der Waals surface area contributed by atoms with Crippen LogP contribution in [0, 0.1) is 0 Å². The smallest absolute Gasteiger partial charge is 0.158 e. The maximum Gasteiger partial charge on any atom is 0.158 e. The van der Waals surface area contributed by atoms with E-state index in [9.17, 15) is 0 Å². The molecule has 102 valence electrons. The minimum absolute atomic E-state index is 0.0695. The molecule has 1 saturated heterocycles. The van der Waals surface area contributed by atoms with Gasteiger partial charge in [-0.15, -0.1) is 0 Å². The first kappa shape index (κ1) is 15.0. The van der Waals surface area contributed by atoms with Crippen molar-refractivity contribution < 1.29 is 9.47 Å². The normalized spacial score (nSPS) is 25.6. The van der Waals surface area contributed by atoms with Crippen LogP contribution in [0.4, 0.5) is 0 Å². The van der Waals surface area contributed by atoms with Crippen molar-refractivity contribution >= 4 is 0 Å². The van der Waals surface area contributed by atoms with Gasteiger partial charge in [-0.1, -0.05) is 51.9 Å². The van der Waals surface area contributed by atoms with Crippen LogP contribution in [0.3, 0.4) is 0 Å². The average molecular weight is 242 g/mol. The van der Waals surface area contributed by atoms with E-state index in [1.165, 1.54) is 51.4 Å². The average Bonchev–Trinajstić information content (AvgIpc) is 2.62. The van der Waals surface area contributed by atoms with Gasteiger partial charge in [0.1, 0.15) is 0 Å². The molecule has 0 N–H and O–H groups in total. The number of unbranched alkanes of at least 4 members (excludes halogenated alkanes) is 7. The van der Waals surface area contributed by atoms with Gasteiger partial charge in [-0.05, 0) is 26.7 Å². The predicted molar refractivity (Wildman–Crippen MR) is 72.1 cm³/mol. The van der Waals surface area contributed by atoms with E-state index < -0.39 is 0 Å². The van der Waals surface area contributed by atoms with E-state index >= 15 is 0 Å². The van der Waals surface area contributed by atoms with Crippen molar-refractivity contribution in [2.75, 3.05) is 0 Å². The maximum atomic E-state index is 5.71. The Labute approximate surface area is 107 Å². The summed E-state index contributed by atoms with van der Waals surface area (Å²) in [5, 5.41) is 0. The van der Waals surface area contributed by atoms with Gasteiger partial charge < -0.3 is 9.47 Å². The van der Waals surface area contributed by atoms with E-state index in [1.807, 2.05) is 0 Å². The fraction of sp³-hybridized carbons (Fsp3) is 1.00. The molecule has 0 aliphatic carbocycles. The Kier molecular flexibility index (Phi) is 7.87. The first-order chi connectivity index (χ1) is 8.24. The fourth-order valence-corrected chi connectivity index (χ4v) is 2.31. The van der Waals surface area contributed by atoms with Crippen molar-refractivity contribution in [2.24, 2.45) is 0 Å². The number of hydrogen-bond donors (Lipinski definition) is 0. The Hall–Kier alpha value is -0.0800. The van der Waals surface area contributed by atoms with Gasteiger partial charge in [0.05, 0.1) is 12.2 Å². The van der Waals surface area contributed by atoms with Crippen molar-refractivity contribution in [1.29, 1.82) is 0 Å². The fourth-order valence-electron chi connectivity index (χ4n) is 2.31. The van der Waals surface area contributed by atoms with E-state index in [4.69, 9.17) is 9.47 Å². The van der Waals surface area contributed by atoms with Gasteiger partial charge in [0.2, 0.25) is 0 Å².